The lowest BCUT2D eigenvalue weighted by Gasteiger charge is -2.08. The van der Waals surface area contributed by atoms with Crippen LogP contribution in [0.4, 0.5) is 5.69 Å². The molecule has 1 aromatic carbocycles. The Kier molecular flexibility index (Phi) is 5.76. The molecular formula is C20H24N6O3. The Morgan fingerprint density at radius 2 is 1.83 bits per heavy atom. The van der Waals surface area contributed by atoms with E-state index in [4.69, 9.17) is 0 Å². The Morgan fingerprint density at radius 3 is 2.38 bits per heavy atom. The Bertz CT molecular complexity index is 1050. The third-order valence-corrected chi connectivity index (χ3v) is 4.75. The normalized spacial score (nSPS) is 10.9. The zero-order valence-corrected chi connectivity index (χ0v) is 17.0. The highest BCUT2D eigenvalue weighted by molar-refractivity contribution is 5.75. The van der Waals surface area contributed by atoms with E-state index >= 15 is 0 Å². The van der Waals surface area contributed by atoms with Crippen molar-refractivity contribution in [3.05, 3.63) is 68.8 Å². The van der Waals surface area contributed by atoms with Gasteiger partial charge in [-0.1, -0.05) is 12.1 Å². The molecule has 2 heterocycles. The molecule has 0 spiro atoms. The minimum absolute atomic E-state index is 0.0412. The number of hydrogen-bond donors (Lipinski definition) is 1. The average molecular weight is 396 g/mol. The van der Waals surface area contributed by atoms with Gasteiger partial charge in [0.15, 0.2) is 0 Å². The first-order valence-corrected chi connectivity index (χ1v) is 9.34. The molecular weight excluding hydrogens is 372 g/mol. The van der Waals surface area contributed by atoms with Crippen LogP contribution in [0.25, 0.3) is 5.69 Å². The standard InChI is InChI=1S/C20H24N6O3/c1-13-11-14(2)25(22-13)18-7-5-17(6-8-18)9-10-21-19(27)12-24-16(4)20(26(28)29)15(3)23-24/h5-8,11H,9-10,12H2,1-4H3,(H,21,27). The van der Waals surface area contributed by atoms with E-state index in [1.807, 2.05) is 48.9 Å². The lowest BCUT2D eigenvalue weighted by Crippen LogP contribution is -2.30. The molecule has 2 aromatic heterocycles. The van der Waals surface area contributed by atoms with Crippen molar-refractivity contribution in [3.8, 4) is 5.69 Å². The van der Waals surface area contributed by atoms with Crippen molar-refractivity contribution >= 4 is 11.6 Å². The number of carbonyl (C=O) groups is 1. The summed E-state index contributed by atoms with van der Waals surface area (Å²) in [6.45, 7) is 7.56. The summed E-state index contributed by atoms with van der Waals surface area (Å²) in [7, 11) is 0. The minimum Gasteiger partial charge on any atom is -0.354 e. The van der Waals surface area contributed by atoms with Crippen LogP contribution < -0.4 is 5.32 Å². The number of aromatic nitrogens is 4. The Balaban J connectivity index is 1.54. The van der Waals surface area contributed by atoms with Crippen molar-refractivity contribution in [2.24, 2.45) is 0 Å². The molecule has 1 amide bonds. The van der Waals surface area contributed by atoms with Crippen LogP contribution in [0.2, 0.25) is 0 Å². The zero-order chi connectivity index (χ0) is 21.1. The number of nitrogens with one attached hydrogen (secondary N) is 1. The molecule has 9 nitrogen and oxygen atoms in total. The summed E-state index contributed by atoms with van der Waals surface area (Å²) in [6.07, 6.45) is 0.681. The second-order valence-corrected chi connectivity index (χ2v) is 7.04. The van der Waals surface area contributed by atoms with E-state index in [-0.39, 0.29) is 18.1 Å². The third kappa shape index (κ3) is 4.50. The van der Waals surface area contributed by atoms with Gasteiger partial charge in [-0.05, 0) is 57.9 Å². The predicted molar refractivity (Wildman–Crippen MR) is 108 cm³/mol. The summed E-state index contributed by atoms with van der Waals surface area (Å²) in [5.74, 6) is -0.232. The molecule has 0 aliphatic rings. The third-order valence-electron chi connectivity index (χ3n) is 4.75. The molecule has 0 bridgehead atoms. The van der Waals surface area contributed by atoms with E-state index in [0.29, 0.717) is 24.4 Å². The van der Waals surface area contributed by atoms with Crippen molar-refractivity contribution in [2.45, 2.75) is 40.7 Å². The fourth-order valence-corrected chi connectivity index (χ4v) is 3.34. The summed E-state index contributed by atoms with van der Waals surface area (Å²) in [4.78, 5) is 22.8. The molecule has 3 rings (SSSR count). The number of amides is 1. The molecule has 1 N–H and O–H groups in total. The van der Waals surface area contributed by atoms with Gasteiger partial charge in [0.1, 0.15) is 17.9 Å². The summed E-state index contributed by atoms with van der Waals surface area (Å²) < 4.78 is 3.26. The van der Waals surface area contributed by atoms with Crippen LogP contribution in [-0.4, -0.2) is 36.9 Å². The maximum atomic E-state index is 12.2. The van der Waals surface area contributed by atoms with E-state index in [1.165, 1.54) is 4.68 Å². The molecule has 3 aromatic rings. The van der Waals surface area contributed by atoms with Crippen LogP contribution in [0.1, 0.15) is 28.3 Å². The van der Waals surface area contributed by atoms with Crippen molar-refractivity contribution in [1.29, 1.82) is 0 Å². The van der Waals surface area contributed by atoms with Gasteiger partial charge >= 0.3 is 5.69 Å². The van der Waals surface area contributed by atoms with Crippen molar-refractivity contribution in [1.82, 2.24) is 24.9 Å². The predicted octanol–water partition coefficient (Wildman–Crippen LogP) is 2.57. The smallest absolute Gasteiger partial charge is 0.312 e. The first-order chi connectivity index (χ1) is 13.8. The molecule has 0 unspecified atom stereocenters. The highest BCUT2D eigenvalue weighted by Gasteiger charge is 2.22. The number of nitrogens with zero attached hydrogens (tertiary/aromatic N) is 5. The van der Waals surface area contributed by atoms with Gasteiger partial charge in [0.2, 0.25) is 5.91 Å². The molecule has 0 aliphatic carbocycles. The van der Waals surface area contributed by atoms with E-state index in [9.17, 15) is 14.9 Å². The fraction of sp³-hybridized carbons (Fsp3) is 0.350. The number of hydrogen-bond acceptors (Lipinski definition) is 5. The summed E-state index contributed by atoms with van der Waals surface area (Å²) in [5.41, 5.74) is 4.78. The van der Waals surface area contributed by atoms with Crippen molar-refractivity contribution in [2.75, 3.05) is 6.54 Å². The number of carbonyl (C=O) groups excluding carboxylic acids is 1. The average Bonchev–Trinajstić information content (AvgIpc) is 3.13. The van der Waals surface area contributed by atoms with Crippen LogP contribution in [0.15, 0.2) is 30.3 Å². The number of aryl methyl sites for hydroxylation is 3. The molecule has 0 aliphatic heterocycles. The molecule has 29 heavy (non-hydrogen) atoms. The maximum Gasteiger partial charge on any atom is 0.312 e. The van der Waals surface area contributed by atoms with E-state index in [0.717, 1.165) is 22.6 Å². The van der Waals surface area contributed by atoms with Gasteiger partial charge in [-0.3, -0.25) is 19.6 Å². The molecule has 0 saturated heterocycles. The van der Waals surface area contributed by atoms with Gasteiger partial charge in [-0.25, -0.2) is 4.68 Å². The lowest BCUT2D eigenvalue weighted by atomic mass is 10.1. The first kappa shape index (κ1) is 20.2. The second-order valence-electron chi connectivity index (χ2n) is 7.04. The molecule has 0 saturated carbocycles. The van der Waals surface area contributed by atoms with Crippen LogP contribution >= 0.6 is 0 Å². The second kappa shape index (κ2) is 8.26. The van der Waals surface area contributed by atoms with E-state index < -0.39 is 4.92 Å². The maximum absolute atomic E-state index is 12.2. The van der Waals surface area contributed by atoms with Gasteiger partial charge in [-0.2, -0.15) is 10.2 Å². The highest BCUT2D eigenvalue weighted by atomic mass is 16.6. The molecule has 0 atom stereocenters. The van der Waals surface area contributed by atoms with Crippen LogP contribution in [-0.2, 0) is 17.8 Å². The number of rotatable bonds is 7. The largest absolute Gasteiger partial charge is 0.354 e. The first-order valence-electron chi connectivity index (χ1n) is 9.34. The fourth-order valence-electron chi connectivity index (χ4n) is 3.34. The zero-order valence-electron chi connectivity index (χ0n) is 17.0. The van der Waals surface area contributed by atoms with Gasteiger partial charge in [0.05, 0.1) is 16.3 Å². The topological polar surface area (TPSA) is 108 Å². The van der Waals surface area contributed by atoms with Gasteiger partial charge in [0, 0.05) is 12.2 Å². The quantitative estimate of drug-likeness (QED) is 0.488. The van der Waals surface area contributed by atoms with Gasteiger partial charge in [-0.15, -0.1) is 0 Å². The summed E-state index contributed by atoms with van der Waals surface area (Å²) >= 11 is 0. The van der Waals surface area contributed by atoms with Crippen LogP contribution in [0.5, 0.6) is 0 Å². The molecule has 0 fully saturated rings. The Labute approximate surface area is 168 Å². The number of nitro groups is 1. The molecule has 0 radical (unpaired) electrons. The van der Waals surface area contributed by atoms with Crippen molar-refractivity contribution in [3.63, 3.8) is 0 Å². The monoisotopic (exact) mass is 396 g/mol. The highest BCUT2D eigenvalue weighted by Crippen LogP contribution is 2.21. The van der Waals surface area contributed by atoms with Crippen molar-refractivity contribution < 1.29 is 9.72 Å². The minimum atomic E-state index is -0.470. The van der Waals surface area contributed by atoms with Gasteiger partial charge < -0.3 is 5.32 Å². The van der Waals surface area contributed by atoms with Gasteiger partial charge in [0.25, 0.3) is 0 Å². The summed E-state index contributed by atoms with van der Waals surface area (Å²) in [6, 6.07) is 10.1. The van der Waals surface area contributed by atoms with Crippen LogP contribution in [0, 0.1) is 37.8 Å². The molecule has 9 heteroatoms. The Hall–Kier alpha value is -3.49. The summed E-state index contributed by atoms with van der Waals surface area (Å²) in [5, 5.41) is 22.4. The van der Waals surface area contributed by atoms with E-state index in [2.05, 4.69) is 15.5 Å². The van der Waals surface area contributed by atoms with Crippen LogP contribution in [0.3, 0.4) is 0 Å². The molecule has 152 valence electrons. The Morgan fingerprint density at radius 1 is 1.14 bits per heavy atom. The van der Waals surface area contributed by atoms with E-state index in [1.54, 1.807) is 13.8 Å². The SMILES string of the molecule is Cc1cc(C)n(-c2ccc(CCNC(=O)Cn3nc(C)c([N+](=O)[O-])c3C)cc2)n1. The number of benzene rings is 1. The lowest BCUT2D eigenvalue weighted by molar-refractivity contribution is -0.386.